The number of hydrogen-bond acceptors (Lipinski definition) is 4. The highest BCUT2D eigenvalue weighted by Gasteiger charge is 2.15. The molecule has 3 rings (SSSR count). The van der Waals surface area contributed by atoms with Gasteiger partial charge in [0, 0.05) is 16.3 Å². The van der Waals surface area contributed by atoms with Gasteiger partial charge < -0.3 is 5.73 Å². The summed E-state index contributed by atoms with van der Waals surface area (Å²) in [6.07, 6.45) is 0. The number of nitrogen functional groups attached to an aromatic ring is 1. The molecule has 100 valence electrons. The summed E-state index contributed by atoms with van der Waals surface area (Å²) in [5.41, 5.74) is 7.17. The predicted molar refractivity (Wildman–Crippen MR) is 74.0 cm³/mol. The van der Waals surface area contributed by atoms with Crippen LogP contribution in [0.4, 0.5) is 10.1 Å². The van der Waals surface area contributed by atoms with Crippen molar-refractivity contribution in [1.82, 2.24) is 20.2 Å². The van der Waals surface area contributed by atoms with E-state index >= 15 is 0 Å². The van der Waals surface area contributed by atoms with Gasteiger partial charge in [0.25, 0.3) is 0 Å². The Morgan fingerprint density at radius 3 is 2.70 bits per heavy atom. The normalized spacial score (nSPS) is 10.7. The standard InChI is InChI=1S/C13H9ClFN5/c14-8-5-6-9(11(16)7-8)13-17-18-19-20(13)12-4-2-1-3-10(12)15/h1-7H,16H2. The molecule has 3 aromatic rings. The summed E-state index contributed by atoms with van der Waals surface area (Å²) in [5.74, 6) is -0.0714. The van der Waals surface area contributed by atoms with E-state index in [2.05, 4.69) is 15.5 Å². The molecule has 1 heterocycles. The molecule has 0 amide bonds. The van der Waals surface area contributed by atoms with Crippen LogP contribution in [0.2, 0.25) is 5.02 Å². The second-order valence-electron chi connectivity index (χ2n) is 4.10. The van der Waals surface area contributed by atoms with Gasteiger partial charge in [-0.25, -0.2) is 4.39 Å². The molecule has 2 aromatic carbocycles. The Morgan fingerprint density at radius 2 is 1.95 bits per heavy atom. The van der Waals surface area contributed by atoms with E-state index in [-0.39, 0.29) is 5.69 Å². The molecule has 0 saturated heterocycles. The smallest absolute Gasteiger partial charge is 0.189 e. The summed E-state index contributed by atoms with van der Waals surface area (Å²) >= 11 is 5.86. The van der Waals surface area contributed by atoms with E-state index in [0.29, 0.717) is 22.1 Å². The first-order valence-electron chi connectivity index (χ1n) is 5.75. The van der Waals surface area contributed by atoms with E-state index in [1.165, 1.54) is 10.7 Å². The number of para-hydroxylation sites is 1. The van der Waals surface area contributed by atoms with Crippen LogP contribution in [0.25, 0.3) is 17.1 Å². The number of tetrazole rings is 1. The summed E-state index contributed by atoms with van der Waals surface area (Å²) in [6.45, 7) is 0. The lowest BCUT2D eigenvalue weighted by Crippen LogP contribution is -2.03. The highest BCUT2D eigenvalue weighted by atomic mass is 35.5. The van der Waals surface area contributed by atoms with Gasteiger partial charge in [0.1, 0.15) is 11.5 Å². The van der Waals surface area contributed by atoms with Gasteiger partial charge in [-0.15, -0.1) is 5.10 Å². The molecule has 1 aromatic heterocycles. The fraction of sp³-hybridized carbons (Fsp3) is 0. The van der Waals surface area contributed by atoms with Crippen molar-refractivity contribution in [3.8, 4) is 17.1 Å². The van der Waals surface area contributed by atoms with Gasteiger partial charge in [-0.1, -0.05) is 23.7 Å². The quantitative estimate of drug-likeness (QED) is 0.736. The Morgan fingerprint density at radius 1 is 1.15 bits per heavy atom. The molecule has 0 atom stereocenters. The average molecular weight is 290 g/mol. The third-order valence-electron chi connectivity index (χ3n) is 2.80. The highest BCUT2D eigenvalue weighted by molar-refractivity contribution is 6.31. The molecule has 0 spiro atoms. The Labute approximate surface area is 118 Å². The molecule has 0 bridgehead atoms. The zero-order valence-corrected chi connectivity index (χ0v) is 10.9. The molecule has 0 radical (unpaired) electrons. The van der Waals surface area contributed by atoms with Crippen molar-refractivity contribution in [3.63, 3.8) is 0 Å². The first-order valence-corrected chi connectivity index (χ1v) is 6.13. The topological polar surface area (TPSA) is 69.6 Å². The number of benzene rings is 2. The number of halogens is 2. The summed E-state index contributed by atoms with van der Waals surface area (Å²) < 4.78 is 15.1. The fourth-order valence-corrected chi connectivity index (χ4v) is 2.06. The lowest BCUT2D eigenvalue weighted by molar-refractivity contribution is 0.608. The van der Waals surface area contributed by atoms with E-state index in [0.717, 1.165) is 0 Å². The molecule has 20 heavy (non-hydrogen) atoms. The molecule has 0 aliphatic heterocycles. The minimum absolute atomic E-state index is 0.252. The largest absolute Gasteiger partial charge is 0.398 e. The lowest BCUT2D eigenvalue weighted by atomic mass is 10.1. The predicted octanol–water partition coefficient (Wildman–Crippen LogP) is 2.70. The summed E-state index contributed by atoms with van der Waals surface area (Å²) in [5, 5.41) is 11.8. The van der Waals surface area contributed by atoms with Crippen molar-refractivity contribution < 1.29 is 4.39 Å². The van der Waals surface area contributed by atoms with Crippen molar-refractivity contribution in [1.29, 1.82) is 0 Å². The molecule has 7 heteroatoms. The number of hydrogen-bond donors (Lipinski definition) is 1. The van der Waals surface area contributed by atoms with Crippen LogP contribution < -0.4 is 5.73 Å². The van der Waals surface area contributed by atoms with Crippen molar-refractivity contribution in [3.05, 3.63) is 53.3 Å². The molecular weight excluding hydrogens is 281 g/mol. The zero-order valence-electron chi connectivity index (χ0n) is 10.2. The number of nitrogens with two attached hydrogens (primary N) is 1. The zero-order chi connectivity index (χ0) is 14.1. The van der Waals surface area contributed by atoms with Gasteiger partial charge in [-0.05, 0) is 40.8 Å². The summed E-state index contributed by atoms with van der Waals surface area (Å²) in [7, 11) is 0. The second-order valence-corrected chi connectivity index (χ2v) is 4.53. The maximum atomic E-state index is 13.8. The molecule has 0 unspecified atom stereocenters. The van der Waals surface area contributed by atoms with Crippen LogP contribution in [0, 0.1) is 5.82 Å². The molecule has 0 aliphatic rings. The molecule has 0 saturated carbocycles. The third kappa shape index (κ3) is 2.10. The van der Waals surface area contributed by atoms with Crippen LogP contribution in [-0.2, 0) is 0 Å². The summed E-state index contributed by atoms with van der Waals surface area (Å²) in [6, 6.07) is 11.2. The Kier molecular flexibility index (Phi) is 3.08. The highest BCUT2D eigenvalue weighted by Crippen LogP contribution is 2.28. The van der Waals surface area contributed by atoms with Gasteiger partial charge >= 0.3 is 0 Å². The fourth-order valence-electron chi connectivity index (χ4n) is 1.88. The van der Waals surface area contributed by atoms with Gasteiger partial charge in [-0.3, -0.25) is 0 Å². The number of rotatable bonds is 2. The van der Waals surface area contributed by atoms with Crippen LogP contribution in [0.1, 0.15) is 0 Å². The van der Waals surface area contributed by atoms with E-state index in [1.807, 2.05) is 0 Å². The third-order valence-corrected chi connectivity index (χ3v) is 3.04. The van der Waals surface area contributed by atoms with Gasteiger partial charge in [0.15, 0.2) is 5.82 Å². The van der Waals surface area contributed by atoms with Gasteiger partial charge in [0.2, 0.25) is 0 Å². The van der Waals surface area contributed by atoms with Crippen LogP contribution in [0.3, 0.4) is 0 Å². The number of nitrogens with zero attached hydrogens (tertiary/aromatic N) is 4. The Hall–Kier alpha value is -2.47. The monoisotopic (exact) mass is 289 g/mol. The minimum atomic E-state index is -0.423. The number of anilines is 1. The molecule has 0 aliphatic carbocycles. The first kappa shape index (κ1) is 12.6. The van der Waals surface area contributed by atoms with E-state index in [1.54, 1.807) is 36.4 Å². The molecule has 0 fully saturated rings. The maximum Gasteiger partial charge on any atom is 0.189 e. The molecule has 2 N–H and O–H groups in total. The van der Waals surface area contributed by atoms with Crippen molar-refractivity contribution >= 4 is 17.3 Å². The van der Waals surface area contributed by atoms with Crippen LogP contribution in [0.5, 0.6) is 0 Å². The van der Waals surface area contributed by atoms with Crippen LogP contribution in [-0.4, -0.2) is 20.2 Å². The molecule has 5 nitrogen and oxygen atoms in total. The SMILES string of the molecule is Nc1cc(Cl)ccc1-c1nnnn1-c1ccccc1F. The van der Waals surface area contributed by atoms with E-state index in [4.69, 9.17) is 17.3 Å². The first-order chi connectivity index (χ1) is 9.66. The lowest BCUT2D eigenvalue weighted by Gasteiger charge is -2.07. The maximum absolute atomic E-state index is 13.8. The van der Waals surface area contributed by atoms with E-state index < -0.39 is 5.82 Å². The molecular formula is C13H9ClFN5. The van der Waals surface area contributed by atoms with Crippen molar-refractivity contribution in [2.24, 2.45) is 0 Å². The minimum Gasteiger partial charge on any atom is -0.398 e. The average Bonchev–Trinajstić information content (AvgIpc) is 2.88. The van der Waals surface area contributed by atoms with Gasteiger partial charge in [0.05, 0.1) is 0 Å². The Balaban J connectivity index is 2.18. The van der Waals surface area contributed by atoms with Crippen molar-refractivity contribution in [2.75, 3.05) is 5.73 Å². The Bertz CT molecular complexity index is 771. The van der Waals surface area contributed by atoms with Crippen LogP contribution >= 0.6 is 11.6 Å². The van der Waals surface area contributed by atoms with Crippen molar-refractivity contribution in [2.45, 2.75) is 0 Å². The van der Waals surface area contributed by atoms with Crippen LogP contribution in [0.15, 0.2) is 42.5 Å². The summed E-state index contributed by atoms with van der Waals surface area (Å²) in [4.78, 5) is 0. The second kappa shape index (κ2) is 4.90. The van der Waals surface area contributed by atoms with Gasteiger partial charge in [-0.2, -0.15) is 4.68 Å². The number of aromatic nitrogens is 4. The van der Waals surface area contributed by atoms with E-state index in [9.17, 15) is 4.39 Å².